The number of piperazine rings is 1. The van der Waals surface area contributed by atoms with Crippen molar-refractivity contribution in [1.29, 1.82) is 0 Å². The van der Waals surface area contributed by atoms with Crippen LogP contribution in [0.1, 0.15) is 18.9 Å². The lowest BCUT2D eigenvalue weighted by molar-refractivity contribution is 0.173. The maximum absolute atomic E-state index is 10.0. The predicted octanol–water partition coefficient (Wildman–Crippen LogP) is 3.33. The molecule has 1 aromatic heterocycles. The molecule has 2 heterocycles. The van der Waals surface area contributed by atoms with Crippen molar-refractivity contribution in [1.82, 2.24) is 15.1 Å². The minimum atomic E-state index is 0.0616. The second-order valence-electron chi connectivity index (χ2n) is 6.50. The van der Waals surface area contributed by atoms with Gasteiger partial charge in [-0.3, -0.25) is 4.90 Å². The van der Waals surface area contributed by atoms with Gasteiger partial charge in [-0.05, 0) is 31.2 Å². The van der Waals surface area contributed by atoms with E-state index in [4.69, 9.17) is 4.42 Å². The van der Waals surface area contributed by atoms with Crippen LogP contribution in [0.2, 0.25) is 0 Å². The van der Waals surface area contributed by atoms with E-state index in [0.29, 0.717) is 17.5 Å². The van der Waals surface area contributed by atoms with Gasteiger partial charge in [-0.15, -0.1) is 10.2 Å². The van der Waals surface area contributed by atoms with Crippen LogP contribution in [-0.4, -0.2) is 46.4 Å². The molecule has 1 fully saturated rings. The van der Waals surface area contributed by atoms with E-state index in [1.807, 2.05) is 48.5 Å². The normalized spacial score (nSPS) is 16.6. The number of phenols is 1. The number of nitrogens with zero attached hydrogens (tertiary/aromatic N) is 4. The lowest BCUT2D eigenvalue weighted by Gasteiger charge is -2.38. The Morgan fingerprint density at radius 3 is 2.35 bits per heavy atom. The van der Waals surface area contributed by atoms with Gasteiger partial charge in [0.25, 0.3) is 0 Å². The molecule has 6 heteroatoms. The van der Waals surface area contributed by atoms with Crippen molar-refractivity contribution in [3.8, 4) is 17.2 Å². The van der Waals surface area contributed by atoms with Crippen molar-refractivity contribution >= 4 is 5.69 Å². The number of anilines is 1. The maximum atomic E-state index is 10.0. The molecule has 1 atom stereocenters. The van der Waals surface area contributed by atoms with E-state index >= 15 is 0 Å². The van der Waals surface area contributed by atoms with Crippen molar-refractivity contribution < 1.29 is 9.52 Å². The van der Waals surface area contributed by atoms with E-state index in [1.54, 1.807) is 6.07 Å². The standard InChI is InChI=1S/C20H22N4O2/c1-15(19-21-22-20(26-19)16-7-3-2-4-8-16)23-11-13-24(14-12-23)17-9-5-6-10-18(17)25/h2-10,15,25H,11-14H2,1H3/t15-/m1/s1. The van der Waals surface area contributed by atoms with Crippen LogP contribution in [0.4, 0.5) is 5.69 Å². The predicted molar refractivity (Wildman–Crippen MR) is 100 cm³/mol. The number of hydrogen-bond acceptors (Lipinski definition) is 6. The van der Waals surface area contributed by atoms with Crippen LogP contribution >= 0.6 is 0 Å². The lowest BCUT2D eigenvalue weighted by Crippen LogP contribution is -2.47. The molecule has 1 aliphatic heterocycles. The Morgan fingerprint density at radius 2 is 1.62 bits per heavy atom. The lowest BCUT2D eigenvalue weighted by atomic mass is 10.2. The van der Waals surface area contributed by atoms with Gasteiger partial charge in [-0.1, -0.05) is 30.3 Å². The number of aromatic nitrogens is 2. The Balaban J connectivity index is 1.42. The molecule has 1 saturated heterocycles. The average molecular weight is 350 g/mol. The number of phenolic OH excluding ortho intramolecular Hbond substituents is 1. The highest BCUT2D eigenvalue weighted by Gasteiger charge is 2.26. The summed E-state index contributed by atoms with van der Waals surface area (Å²) in [4.78, 5) is 4.54. The molecule has 0 amide bonds. The van der Waals surface area contributed by atoms with E-state index in [1.165, 1.54) is 0 Å². The summed E-state index contributed by atoms with van der Waals surface area (Å²) in [6.07, 6.45) is 0. The molecule has 0 saturated carbocycles. The molecular weight excluding hydrogens is 328 g/mol. The summed E-state index contributed by atoms with van der Waals surface area (Å²) in [5.74, 6) is 1.53. The Bertz CT molecular complexity index is 857. The highest BCUT2D eigenvalue weighted by molar-refractivity contribution is 5.57. The van der Waals surface area contributed by atoms with Gasteiger partial charge in [0.15, 0.2) is 0 Å². The Morgan fingerprint density at radius 1 is 0.923 bits per heavy atom. The van der Waals surface area contributed by atoms with Gasteiger partial charge in [0.2, 0.25) is 11.8 Å². The second kappa shape index (κ2) is 7.17. The maximum Gasteiger partial charge on any atom is 0.247 e. The molecule has 1 N–H and O–H groups in total. The molecule has 0 unspecified atom stereocenters. The quantitative estimate of drug-likeness (QED) is 0.779. The van der Waals surface area contributed by atoms with Crippen LogP contribution in [0.15, 0.2) is 59.0 Å². The fourth-order valence-corrected chi connectivity index (χ4v) is 3.34. The summed E-state index contributed by atoms with van der Waals surface area (Å²) >= 11 is 0. The van der Waals surface area contributed by atoms with Crippen LogP contribution in [0, 0.1) is 0 Å². The zero-order chi connectivity index (χ0) is 17.9. The second-order valence-corrected chi connectivity index (χ2v) is 6.50. The van der Waals surface area contributed by atoms with Gasteiger partial charge in [-0.2, -0.15) is 0 Å². The summed E-state index contributed by atoms with van der Waals surface area (Å²) in [5.41, 5.74) is 1.83. The van der Waals surface area contributed by atoms with Gasteiger partial charge in [-0.25, -0.2) is 0 Å². The van der Waals surface area contributed by atoms with E-state index in [2.05, 4.69) is 26.9 Å². The zero-order valence-electron chi connectivity index (χ0n) is 14.7. The molecule has 0 spiro atoms. The summed E-state index contributed by atoms with van der Waals surface area (Å²) in [5, 5.41) is 18.5. The van der Waals surface area contributed by atoms with Gasteiger partial charge in [0.05, 0.1) is 11.7 Å². The molecule has 0 aliphatic carbocycles. The first-order valence-corrected chi connectivity index (χ1v) is 8.88. The third-order valence-electron chi connectivity index (χ3n) is 4.90. The first-order chi connectivity index (χ1) is 12.7. The summed E-state index contributed by atoms with van der Waals surface area (Å²) in [6.45, 7) is 5.54. The first kappa shape index (κ1) is 16.6. The highest BCUT2D eigenvalue weighted by Crippen LogP contribution is 2.29. The number of benzene rings is 2. The number of aromatic hydroxyl groups is 1. The topological polar surface area (TPSA) is 65.6 Å². The summed E-state index contributed by atoms with van der Waals surface area (Å²) in [6, 6.07) is 17.4. The summed E-state index contributed by atoms with van der Waals surface area (Å²) in [7, 11) is 0. The van der Waals surface area contributed by atoms with Crippen molar-refractivity contribution in [2.75, 3.05) is 31.1 Å². The molecule has 3 aromatic rings. The van der Waals surface area contributed by atoms with Crippen LogP contribution in [-0.2, 0) is 0 Å². The van der Waals surface area contributed by atoms with Crippen molar-refractivity contribution in [3.05, 3.63) is 60.5 Å². The van der Waals surface area contributed by atoms with E-state index < -0.39 is 0 Å². The third kappa shape index (κ3) is 3.28. The molecule has 1 aliphatic rings. The molecule has 134 valence electrons. The number of para-hydroxylation sites is 2. The van der Waals surface area contributed by atoms with Crippen LogP contribution in [0.5, 0.6) is 5.75 Å². The fourth-order valence-electron chi connectivity index (χ4n) is 3.34. The van der Waals surface area contributed by atoms with E-state index in [0.717, 1.165) is 37.4 Å². The van der Waals surface area contributed by atoms with Crippen LogP contribution < -0.4 is 4.90 Å². The van der Waals surface area contributed by atoms with Gasteiger partial charge >= 0.3 is 0 Å². The van der Waals surface area contributed by atoms with Crippen molar-refractivity contribution in [2.45, 2.75) is 13.0 Å². The Kier molecular flexibility index (Phi) is 4.58. The van der Waals surface area contributed by atoms with Crippen LogP contribution in [0.25, 0.3) is 11.5 Å². The van der Waals surface area contributed by atoms with Crippen LogP contribution in [0.3, 0.4) is 0 Å². The number of rotatable bonds is 4. The fraction of sp³-hybridized carbons (Fsp3) is 0.300. The smallest absolute Gasteiger partial charge is 0.247 e. The number of hydrogen-bond donors (Lipinski definition) is 1. The molecule has 4 rings (SSSR count). The monoisotopic (exact) mass is 350 g/mol. The molecule has 6 nitrogen and oxygen atoms in total. The minimum Gasteiger partial charge on any atom is -0.506 e. The third-order valence-corrected chi connectivity index (χ3v) is 4.90. The highest BCUT2D eigenvalue weighted by atomic mass is 16.4. The SMILES string of the molecule is C[C@H](c1nnc(-c2ccccc2)o1)N1CCN(c2ccccc2O)CC1. The Labute approximate surface area is 152 Å². The molecule has 26 heavy (non-hydrogen) atoms. The van der Waals surface area contributed by atoms with Crippen molar-refractivity contribution in [3.63, 3.8) is 0 Å². The van der Waals surface area contributed by atoms with Crippen molar-refractivity contribution in [2.24, 2.45) is 0 Å². The molecule has 2 aromatic carbocycles. The van der Waals surface area contributed by atoms with E-state index in [-0.39, 0.29) is 6.04 Å². The van der Waals surface area contributed by atoms with Gasteiger partial charge in [0.1, 0.15) is 5.75 Å². The van der Waals surface area contributed by atoms with Gasteiger partial charge < -0.3 is 14.4 Å². The molecule has 0 radical (unpaired) electrons. The van der Waals surface area contributed by atoms with Gasteiger partial charge in [0, 0.05) is 31.7 Å². The average Bonchev–Trinajstić information content (AvgIpc) is 3.19. The molecule has 0 bridgehead atoms. The van der Waals surface area contributed by atoms with E-state index in [9.17, 15) is 5.11 Å². The summed E-state index contributed by atoms with van der Waals surface area (Å²) < 4.78 is 5.90. The minimum absolute atomic E-state index is 0.0616. The zero-order valence-corrected chi connectivity index (χ0v) is 14.7. The Hall–Kier alpha value is -2.86. The first-order valence-electron chi connectivity index (χ1n) is 8.88. The largest absolute Gasteiger partial charge is 0.506 e. The molecular formula is C20H22N4O2.